The van der Waals surface area contributed by atoms with E-state index in [2.05, 4.69) is 5.32 Å². The third kappa shape index (κ3) is 4.25. The molecule has 3 rings (SSSR count). The molecule has 3 N–H and O–H groups in total. The number of aromatic hydroxyl groups is 1. The Morgan fingerprint density at radius 3 is 2.54 bits per heavy atom. The fraction of sp³-hybridized carbons (Fsp3) is 0.0526. The van der Waals surface area contributed by atoms with E-state index in [4.69, 9.17) is 9.52 Å². The Morgan fingerprint density at radius 2 is 1.81 bits per heavy atom. The van der Waals surface area contributed by atoms with Gasteiger partial charge in [-0.3, -0.25) is 4.79 Å². The number of furan rings is 1. The molecular formula is C19H15NO5S. The molecule has 0 saturated heterocycles. The van der Waals surface area contributed by atoms with Crippen molar-refractivity contribution in [3.8, 4) is 5.75 Å². The van der Waals surface area contributed by atoms with E-state index in [0.29, 0.717) is 11.5 Å². The van der Waals surface area contributed by atoms with Gasteiger partial charge in [-0.2, -0.15) is 0 Å². The number of anilines is 1. The summed E-state index contributed by atoms with van der Waals surface area (Å²) in [6, 6.07) is 16.7. The summed E-state index contributed by atoms with van der Waals surface area (Å²) in [6.07, 6.45) is 0. The molecule has 1 aromatic heterocycles. The molecule has 26 heavy (non-hydrogen) atoms. The molecule has 1 heterocycles. The number of carbonyl (C=O) groups excluding carboxylic acids is 1. The summed E-state index contributed by atoms with van der Waals surface area (Å²) in [5.74, 6) is -0.730. The Bertz CT molecular complexity index is 936. The molecule has 0 atom stereocenters. The summed E-state index contributed by atoms with van der Waals surface area (Å²) < 4.78 is 5.53. The highest BCUT2D eigenvalue weighted by molar-refractivity contribution is 7.98. The van der Waals surface area contributed by atoms with Crippen LogP contribution in [0.25, 0.3) is 0 Å². The van der Waals surface area contributed by atoms with Crippen LogP contribution < -0.4 is 5.32 Å². The van der Waals surface area contributed by atoms with E-state index in [1.165, 1.54) is 18.2 Å². The minimum Gasteiger partial charge on any atom is -0.508 e. The van der Waals surface area contributed by atoms with Crippen molar-refractivity contribution in [3.05, 3.63) is 77.7 Å². The molecule has 6 nitrogen and oxygen atoms in total. The fourth-order valence-corrected chi connectivity index (χ4v) is 3.06. The Morgan fingerprint density at radius 1 is 1.04 bits per heavy atom. The number of carboxylic acids is 1. The van der Waals surface area contributed by atoms with Gasteiger partial charge in [0.15, 0.2) is 5.76 Å². The molecule has 0 unspecified atom stereocenters. The smallest absolute Gasteiger partial charge is 0.337 e. The van der Waals surface area contributed by atoms with E-state index >= 15 is 0 Å². The summed E-state index contributed by atoms with van der Waals surface area (Å²) in [5.41, 5.74) is -0.123. The van der Waals surface area contributed by atoms with E-state index < -0.39 is 11.9 Å². The summed E-state index contributed by atoms with van der Waals surface area (Å²) in [7, 11) is 0. The monoisotopic (exact) mass is 369 g/mol. The topological polar surface area (TPSA) is 99.8 Å². The van der Waals surface area contributed by atoms with Crippen LogP contribution in [0.15, 0.2) is 70.0 Å². The average Bonchev–Trinajstić information content (AvgIpc) is 3.11. The zero-order chi connectivity index (χ0) is 18.5. The van der Waals surface area contributed by atoms with Crippen LogP contribution in [0.4, 0.5) is 5.69 Å². The number of rotatable bonds is 6. The van der Waals surface area contributed by atoms with Crippen molar-refractivity contribution in [1.29, 1.82) is 0 Å². The number of phenolic OH excluding ortho intramolecular Hbond substituents is 1. The van der Waals surface area contributed by atoms with Crippen LogP contribution in [0.3, 0.4) is 0 Å². The van der Waals surface area contributed by atoms with Crippen molar-refractivity contribution >= 4 is 29.3 Å². The molecule has 2 aromatic carbocycles. The Kier molecular flexibility index (Phi) is 5.28. The van der Waals surface area contributed by atoms with Crippen LogP contribution in [-0.2, 0) is 5.75 Å². The minimum atomic E-state index is -1.25. The Labute approximate surface area is 153 Å². The molecule has 0 fully saturated rings. The van der Waals surface area contributed by atoms with E-state index in [0.717, 1.165) is 11.0 Å². The third-order valence-electron chi connectivity index (χ3n) is 3.49. The lowest BCUT2D eigenvalue weighted by molar-refractivity contribution is 0.0697. The highest BCUT2D eigenvalue weighted by atomic mass is 32.2. The first-order valence-electron chi connectivity index (χ1n) is 7.67. The van der Waals surface area contributed by atoms with E-state index in [9.17, 15) is 14.7 Å². The molecule has 0 aliphatic heterocycles. The van der Waals surface area contributed by atoms with Crippen LogP contribution in [-0.4, -0.2) is 22.1 Å². The lowest BCUT2D eigenvalue weighted by Gasteiger charge is -2.07. The molecule has 0 aliphatic rings. The molecule has 3 aromatic rings. The maximum atomic E-state index is 12.3. The van der Waals surface area contributed by atoms with Gasteiger partial charge >= 0.3 is 5.97 Å². The standard InChI is InChI=1S/C19H15NO5S/c21-12-6-8-16(15(10-12)19(23)24)20-18(22)17-9-7-13(25-17)11-26-14-4-2-1-3-5-14/h1-10,21H,11H2,(H,20,22)(H,23,24). The Hall–Kier alpha value is -3.19. The van der Waals surface area contributed by atoms with Crippen molar-refractivity contribution in [2.24, 2.45) is 0 Å². The zero-order valence-electron chi connectivity index (χ0n) is 13.5. The number of hydrogen-bond donors (Lipinski definition) is 3. The van der Waals surface area contributed by atoms with Gasteiger partial charge in [0.25, 0.3) is 5.91 Å². The summed E-state index contributed by atoms with van der Waals surface area (Å²) >= 11 is 1.58. The number of carboxylic acid groups (broad SMARTS) is 1. The van der Waals surface area contributed by atoms with Crippen LogP contribution in [0.2, 0.25) is 0 Å². The van der Waals surface area contributed by atoms with Gasteiger partial charge < -0.3 is 19.9 Å². The van der Waals surface area contributed by atoms with E-state index in [1.807, 2.05) is 30.3 Å². The lowest BCUT2D eigenvalue weighted by Crippen LogP contribution is -2.14. The average molecular weight is 369 g/mol. The lowest BCUT2D eigenvalue weighted by atomic mass is 10.1. The SMILES string of the molecule is O=C(Nc1ccc(O)cc1C(=O)O)c1ccc(CSc2ccccc2)o1. The quantitative estimate of drug-likeness (QED) is 0.444. The van der Waals surface area contributed by atoms with Gasteiger partial charge in [0.1, 0.15) is 11.5 Å². The number of hydrogen-bond acceptors (Lipinski definition) is 5. The second-order valence-electron chi connectivity index (χ2n) is 5.36. The van der Waals surface area contributed by atoms with Crippen LogP contribution in [0.1, 0.15) is 26.7 Å². The zero-order valence-corrected chi connectivity index (χ0v) is 14.3. The van der Waals surface area contributed by atoms with Gasteiger partial charge in [0.2, 0.25) is 0 Å². The first-order chi connectivity index (χ1) is 12.5. The molecule has 0 aliphatic carbocycles. The van der Waals surface area contributed by atoms with Gasteiger partial charge in [-0.25, -0.2) is 4.79 Å². The van der Waals surface area contributed by atoms with Gasteiger partial charge in [-0.05, 0) is 42.5 Å². The van der Waals surface area contributed by atoms with E-state index in [-0.39, 0.29) is 22.8 Å². The normalized spacial score (nSPS) is 10.5. The highest BCUT2D eigenvalue weighted by Crippen LogP contribution is 2.25. The number of thioether (sulfide) groups is 1. The largest absolute Gasteiger partial charge is 0.508 e. The second kappa shape index (κ2) is 7.79. The summed E-state index contributed by atoms with van der Waals surface area (Å²) in [5, 5.41) is 21.1. The molecule has 0 radical (unpaired) electrons. The highest BCUT2D eigenvalue weighted by Gasteiger charge is 2.17. The summed E-state index contributed by atoms with van der Waals surface area (Å²) in [6.45, 7) is 0. The van der Waals surface area contributed by atoms with Crippen molar-refractivity contribution in [2.45, 2.75) is 10.6 Å². The first kappa shape index (κ1) is 17.6. The summed E-state index contributed by atoms with van der Waals surface area (Å²) in [4.78, 5) is 24.6. The third-order valence-corrected chi connectivity index (χ3v) is 4.53. The van der Waals surface area contributed by atoms with Crippen molar-refractivity contribution in [1.82, 2.24) is 0 Å². The van der Waals surface area contributed by atoms with Crippen LogP contribution >= 0.6 is 11.8 Å². The van der Waals surface area contributed by atoms with Crippen molar-refractivity contribution in [3.63, 3.8) is 0 Å². The second-order valence-corrected chi connectivity index (χ2v) is 6.41. The first-order valence-corrected chi connectivity index (χ1v) is 8.66. The van der Waals surface area contributed by atoms with Gasteiger partial charge in [-0.1, -0.05) is 18.2 Å². The number of phenols is 1. The molecule has 7 heteroatoms. The van der Waals surface area contributed by atoms with Crippen LogP contribution in [0, 0.1) is 0 Å². The molecular weight excluding hydrogens is 354 g/mol. The number of amides is 1. The van der Waals surface area contributed by atoms with E-state index in [1.54, 1.807) is 17.8 Å². The number of carbonyl (C=O) groups is 2. The van der Waals surface area contributed by atoms with Crippen molar-refractivity contribution in [2.75, 3.05) is 5.32 Å². The minimum absolute atomic E-state index is 0.0805. The van der Waals surface area contributed by atoms with Gasteiger partial charge in [0.05, 0.1) is 17.0 Å². The maximum Gasteiger partial charge on any atom is 0.337 e. The molecule has 0 bridgehead atoms. The molecule has 1 amide bonds. The molecule has 132 valence electrons. The number of benzene rings is 2. The fourth-order valence-electron chi connectivity index (χ4n) is 2.25. The Balaban J connectivity index is 1.68. The molecule has 0 saturated carbocycles. The number of aromatic carboxylic acids is 1. The van der Waals surface area contributed by atoms with Gasteiger partial charge in [-0.15, -0.1) is 11.8 Å². The van der Waals surface area contributed by atoms with Crippen LogP contribution in [0.5, 0.6) is 5.75 Å². The maximum absolute atomic E-state index is 12.3. The van der Waals surface area contributed by atoms with Crippen molar-refractivity contribution < 1.29 is 24.2 Å². The predicted molar refractivity (Wildman–Crippen MR) is 97.7 cm³/mol. The predicted octanol–water partition coefficient (Wildman–Crippen LogP) is 4.23. The van der Waals surface area contributed by atoms with Gasteiger partial charge in [0, 0.05) is 4.90 Å². The molecule has 0 spiro atoms. The number of nitrogens with one attached hydrogen (secondary N) is 1.